The molecule has 0 aliphatic heterocycles. The molecule has 0 amide bonds. The molecule has 0 spiro atoms. The quantitative estimate of drug-likeness (QED) is 0.525. The molecule has 0 bridgehead atoms. The van der Waals surface area contributed by atoms with Crippen LogP contribution in [0.4, 0.5) is 0 Å². The normalized spacial score (nSPS) is 11.2. The molecule has 0 heterocycles. The van der Waals surface area contributed by atoms with E-state index in [1.807, 2.05) is 18.2 Å². The van der Waals surface area contributed by atoms with Crippen LogP contribution in [0.2, 0.25) is 0 Å². The van der Waals surface area contributed by atoms with Gasteiger partial charge < -0.3 is 8.92 Å². The van der Waals surface area contributed by atoms with Crippen LogP contribution in [0.3, 0.4) is 0 Å². The lowest BCUT2D eigenvalue weighted by Gasteiger charge is -2.12. The Hall–Kier alpha value is -2.86. The van der Waals surface area contributed by atoms with Gasteiger partial charge in [-0.3, -0.25) is 4.79 Å². The van der Waals surface area contributed by atoms with Crippen molar-refractivity contribution in [2.75, 3.05) is 7.11 Å². The Morgan fingerprint density at radius 1 is 0.917 bits per heavy atom. The minimum atomic E-state index is -4.06. The summed E-state index contributed by atoms with van der Waals surface area (Å²) in [6, 6.07) is 16.4. The first kappa shape index (κ1) is 16.0. The summed E-state index contributed by atoms with van der Waals surface area (Å²) in [5.41, 5.74) is 0.363. The highest BCUT2D eigenvalue weighted by Gasteiger charge is 2.21. The average Bonchev–Trinajstić information content (AvgIpc) is 2.61. The van der Waals surface area contributed by atoms with Crippen LogP contribution in [-0.4, -0.2) is 21.8 Å². The topological polar surface area (TPSA) is 69.7 Å². The Balaban J connectivity index is 2.07. The molecule has 0 unspecified atom stereocenters. The van der Waals surface area contributed by atoms with Crippen LogP contribution in [0, 0.1) is 0 Å². The molecule has 24 heavy (non-hydrogen) atoms. The van der Waals surface area contributed by atoms with Gasteiger partial charge in [0.2, 0.25) is 0 Å². The van der Waals surface area contributed by atoms with Crippen LogP contribution in [0.15, 0.2) is 65.6 Å². The standard InChI is InChI=1S/C18H14O5S/c1-22-17-11-13(12-19)9-10-16(17)23-24(20,21)18-8-4-6-14-5-2-3-7-15(14)18/h2-12H,1H3. The van der Waals surface area contributed by atoms with Crippen LogP contribution in [-0.2, 0) is 10.1 Å². The number of ether oxygens (including phenoxy) is 1. The predicted octanol–water partition coefficient (Wildman–Crippen LogP) is 3.43. The average molecular weight is 342 g/mol. The van der Waals surface area contributed by atoms with Crippen molar-refractivity contribution in [2.45, 2.75) is 4.90 Å². The number of rotatable bonds is 5. The number of hydrogen-bond donors (Lipinski definition) is 0. The van der Waals surface area contributed by atoms with E-state index < -0.39 is 10.1 Å². The third-order valence-corrected chi connectivity index (χ3v) is 4.84. The summed E-state index contributed by atoms with van der Waals surface area (Å²) in [6.45, 7) is 0. The molecule has 0 radical (unpaired) electrons. The number of hydrogen-bond acceptors (Lipinski definition) is 5. The lowest BCUT2D eigenvalue weighted by atomic mass is 10.1. The van der Waals surface area contributed by atoms with E-state index in [2.05, 4.69) is 0 Å². The molecule has 0 aromatic heterocycles. The number of fused-ring (bicyclic) bond motifs is 1. The molecule has 3 aromatic carbocycles. The van der Waals surface area contributed by atoms with Crippen LogP contribution in [0.25, 0.3) is 10.8 Å². The molecule has 0 saturated heterocycles. The van der Waals surface area contributed by atoms with Gasteiger partial charge in [0, 0.05) is 10.9 Å². The molecule has 6 heteroatoms. The molecule has 5 nitrogen and oxygen atoms in total. The molecule has 0 fully saturated rings. The number of benzene rings is 3. The second-order valence-electron chi connectivity index (χ2n) is 5.04. The second-order valence-corrected chi connectivity index (χ2v) is 6.56. The van der Waals surface area contributed by atoms with Gasteiger partial charge in [0.25, 0.3) is 0 Å². The van der Waals surface area contributed by atoms with E-state index in [0.717, 1.165) is 5.39 Å². The summed E-state index contributed by atoms with van der Waals surface area (Å²) in [4.78, 5) is 10.9. The highest BCUT2D eigenvalue weighted by molar-refractivity contribution is 7.87. The number of carbonyl (C=O) groups excluding carboxylic acids is 1. The highest BCUT2D eigenvalue weighted by Crippen LogP contribution is 2.32. The summed E-state index contributed by atoms with van der Waals surface area (Å²) in [5, 5.41) is 1.37. The summed E-state index contributed by atoms with van der Waals surface area (Å²) in [5.74, 6) is 0.194. The van der Waals surface area contributed by atoms with Crippen molar-refractivity contribution in [1.29, 1.82) is 0 Å². The largest absolute Gasteiger partial charge is 0.493 e. The van der Waals surface area contributed by atoms with Crippen molar-refractivity contribution >= 4 is 27.2 Å². The zero-order valence-electron chi connectivity index (χ0n) is 12.8. The van der Waals surface area contributed by atoms with E-state index in [1.165, 1.54) is 31.4 Å². The predicted molar refractivity (Wildman–Crippen MR) is 90.1 cm³/mol. The maximum atomic E-state index is 12.7. The fourth-order valence-corrected chi connectivity index (χ4v) is 3.57. The number of carbonyl (C=O) groups is 1. The van der Waals surface area contributed by atoms with Crippen molar-refractivity contribution in [3.8, 4) is 11.5 Å². The minimum absolute atomic E-state index is 0.0241. The maximum absolute atomic E-state index is 12.7. The molecule has 122 valence electrons. The maximum Gasteiger partial charge on any atom is 0.339 e. The summed E-state index contributed by atoms with van der Waals surface area (Å²) in [7, 11) is -2.68. The molecule has 3 aromatic rings. The van der Waals surface area contributed by atoms with Gasteiger partial charge in [-0.05, 0) is 29.7 Å². The zero-order chi connectivity index (χ0) is 17.2. The van der Waals surface area contributed by atoms with Gasteiger partial charge >= 0.3 is 10.1 Å². The molecule has 0 N–H and O–H groups in total. The highest BCUT2D eigenvalue weighted by atomic mass is 32.2. The Kier molecular flexibility index (Phi) is 4.22. The fraction of sp³-hybridized carbons (Fsp3) is 0.0556. The zero-order valence-corrected chi connectivity index (χ0v) is 13.6. The van der Waals surface area contributed by atoms with Crippen molar-refractivity contribution in [3.05, 3.63) is 66.2 Å². The van der Waals surface area contributed by atoms with E-state index in [1.54, 1.807) is 18.2 Å². The van der Waals surface area contributed by atoms with E-state index in [9.17, 15) is 13.2 Å². The van der Waals surface area contributed by atoms with Crippen LogP contribution < -0.4 is 8.92 Å². The number of aldehydes is 1. The lowest BCUT2D eigenvalue weighted by molar-refractivity contribution is 0.112. The van der Waals surface area contributed by atoms with E-state index in [0.29, 0.717) is 17.2 Å². The smallest absolute Gasteiger partial charge is 0.339 e. The molecular formula is C18H14O5S. The lowest BCUT2D eigenvalue weighted by Crippen LogP contribution is -2.11. The van der Waals surface area contributed by atoms with E-state index >= 15 is 0 Å². The van der Waals surface area contributed by atoms with Crippen molar-refractivity contribution in [2.24, 2.45) is 0 Å². The van der Waals surface area contributed by atoms with Crippen molar-refractivity contribution < 1.29 is 22.1 Å². The Morgan fingerprint density at radius 3 is 2.42 bits per heavy atom. The van der Waals surface area contributed by atoms with Crippen LogP contribution >= 0.6 is 0 Å². The molecular weight excluding hydrogens is 328 g/mol. The monoisotopic (exact) mass is 342 g/mol. The molecule has 0 atom stereocenters. The molecule has 0 saturated carbocycles. The van der Waals surface area contributed by atoms with E-state index in [-0.39, 0.29) is 16.4 Å². The SMILES string of the molecule is COc1cc(C=O)ccc1OS(=O)(=O)c1cccc2ccccc12. The van der Waals surface area contributed by atoms with Crippen LogP contribution in [0.5, 0.6) is 11.5 Å². The van der Waals surface area contributed by atoms with Crippen molar-refractivity contribution in [3.63, 3.8) is 0 Å². The van der Waals surface area contributed by atoms with Gasteiger partial charge in [-0.25, -0.2) is 0 Å². The Bertz CT molecular complexity index is 1000. The Morgan fingerprint density at radius 2 is 1.67 bits per heavy atom. The fourth-order valence-electron chi connectivity index (χ4n) is 2.40. The van der Waals surface area contributed by atoms with Gasteiger partial charge in [0.05, 0.1) is 7.11 Å². The van der Waals surface area contributed by atoms with Gasteiger partial charge in [-0.15, -0.1) is 0 Å². The van der Waals surface area contributed by atoms with Crippen LogP contribution in [0.1, 0.15) is 10.4 Å². The summed E-state index contributed by atoms with van der Waals surface area (Å²) in [6.07, 6.45) is 0.644. The third kappa shape index (κ3) is 2.96. The Labute approximate surface area is 139 Å². The van der Waals surface area contributed by atoms with Gasteiger partial charge in [-0.1, -0.05) is 36.4 Å². The molecule has 0 aliphatic rings. The number of methoxy groups -OCH3 is 1. The third-order valence-electron chi connectivity index (χ3n) is 3.54. The van der Waals surface area contributed by atoms with Gasteiger partial charge in [0.1, 0.15) is 11.2 Å². The first-order valence-electron chi connectivity index (χ1n) is 7.10. The van der Waals surface area contributed by atoms with Gasteiger partial charge in [0.15, 0.2) is 11.5 Å². The first-order chi connectivity index (χ1) is 11.5. The molecule has 3 rings (SSSR count). The minimum Gasteiger partial charge on any atom is -0.493 e. The summed E-state index contributed by atoms with van der Waals surface area (Å²) >= 11 is 0. The molecule has 0 aliphatic carbocycles. The van der Waals surface area contributed by atoms with Crippen molar-refractivity contribution in [1.82, 2.24) is 0 Å². The summed E-state index contributed by atoms with van der Waals surface area (Å²) < 4.78 is 35.7. The first-order valence-corrected chi connectivity index (χ1v) is 8.51. The second kappa shape index (κ2) is 6.33. The van der Waals surface area contributed by atoms with E-state index in [4.69, 9.17) is 8.92 Å². The van der Waals surface area contributed by atoms with Gasteiger partial charge in [-0.2, -0.15) is 8.42 Å².